The van der Waals surface area contributed by atoms with Crippen molar-refractivity contribution >= 4 is 5.91 Å². The van der Waals surface area contributed by atoms with Gasteiger partial charge in [0.1, 0.15) is 6.17 Å². The second kappa shape index (κ2) is 3.85. The summed E-state index contributed by atoms with van der Waals surface area (Å²) in [6.07, 6.45) is -0.547. The summed E-state index contributed by atoms with van der Waals surface area (Å²) in [6, 6.07) is -0.302. The van der Waals surface area contributed by atoms with E-state index in [0.29, 0.717) is 13.0 Å². The molecule has 0 spiro atoms. The molecule has 0 radical (unpaired) electrons. The number of rotatable bonds is 1. The lowest BCUT2D eigenvalue weighted by Crippen LogP contribution is -2.49. The largest absolute Gasteiger partial charge is 0.350 e. The maximum absolute atomic E-state index is 13.0. The lowest BCUT2D eigenvalue weighted by Gasteiger charge is -2.25. The number of hydrogen-bond donors (Lipinski definition) is 1. The van der Waals surface area contributed by atoms with Crippen molar-refractivity contribution in [2.75, 3.05) is 13.6 Å². The molecule has 0 bridgehead atoms. The van der Waals surface area contributed by atoms with Crippen LogP contribution >= 0.6 is 0 Å². The maximum atomic E-state index is 13.0. The zero-order valence-corrected chi connectivity index (χ0v) is 9.30. The van der Waals surface area contributed by atoms with Gasteiger partial charge in [-0.25, -0.2) is 4.39 Å². The average Bonchev–Trinajstić information content (AvgIpc) is 2.26. The summed E-state index contributed by atoms with van der Waals surface area (Å²) in [5.74, 6) is -0.0693. The van der Waals surface area contributed by atoms with E-state index in [1.54, 1.807) is 11.9 Å². The molecule has 1 fully saturated rings. The van der Waals surface area contributed by atoms with Crippen LogP contribution in [0.5, 0.6) is 0 Å². The van der Waals surface area contributed by atoms with E-state index in [9.17, 15) is 9.18 Å². The van der Waals surface area contributed by atoms with Crippen LogP contribution in [0.15, 0.2) is 0 Å². The smallest absolute Gasteiger partial charge is 0.237 e. The topological polar surface area (TPSA) is 32.3 Å². The van der Waals surface area contributed by atoms with Gasteiger partial charge in [-0.2, -0.15) is 0 Å². The maximum Gasteiger partial charge on any atom is 0.237 e. The predicted octanol–water partition coefficient (Wildman–Crippen LogP) is 0.943. The Labute approximate surface area is 84.7 Å². The Balaban J connectivity index is 2.53. The summed E-state index contributed by atoms with van der Waals surface area (Å²) < 4.78 is 13.0. The van der Waals surface area contributed by atoms with Crippen LogP contribution in [0.2, 0.25) is 0 Å². The predicted molar refractivity (Wildman–Crippen MR) is 53.8 cm³/mol. The van der Waals surface area contributed by atoms with Gasteiger partial charge in [0.2, 0.25) is 5.91 Å². The first-order valence-corrected chi connectivity index (χ1v) is 4.96. The summed E-state index contributed by atoms with van der Waals surface area (Å²) in [5.41, 5.74) is -0.244. The molecule has 1 aliphatic rings. The number of hydrogen-bond acceptors (Lipinski definition) is 2. The summed E-state index contributed by atoms with van der Waals surface area (Å²) in [6.45, 7) is 6.13. The molecule has 0 aromatic heterocycles. The van der Waals surface area contributed by atoms with Crippen molar-refractivity contribution < 1.29 is 9.18 Å². The Morgan fingerprint density at radius 1 is 1.50 bits per heavy atom. The minimum atomic E-state index is -0.865. The number of alkyl halides is 1. The number of carbonyl (C=O) groups excluding carboxylic acids is 1. The first-order chi connectivity index (χ1) is 6.29. The molecule has 1 amide bonds. The van der Waals surface area contributed by atoms with Gasteiger partial charge in [-0.3, -0.25) is 9.69 Å². The molecule has 1 aliphatic heterocycles. The minimum Gasteiger partial charge on any atom is -0.350 e. The molecule has 14 heavy (non-hydrogen) atoms. The number of nitrogens with one attached hydrogen (secondary N) is 1. The normalized spacial score (nSPS) is 29.2. The molecule has 1 rings (SSSR count). The highest BCUT2D eigenvalue weighted by molar-refractivity contribution is 5.82. The van der Waals surface area contributed by atoms with Crippen molar-refractivity contribution in [1.29, 1.82) is 0 Å². The molecule has 4 heteroatoms. The van der Waals surface area contributed by atoms with Gasteiger partial charge in [0.25, 0.3) is 0 Å². The van der Waals surface area contributed by atoms with Gasteiger partial charge in [-0.05, 0) is 27.8 Å². The third-order valence-corrected chi connectivity index (χ3v) is 2.30. The molecular weight excluding hydrogens is 183 g/mol. The summed E-state index contributed by atoms with van der Waals surface area (Å²) >= 11 is 0. The van der Waals surface area contributed by atoms with Gasteiger partial charge in [0.05, 0.1) is 6.04 Å². The van der Waals surface area contributed by atoms with Crippen molar-refractivity contribution in [1.82, 2.24) is 10.2 Å². The van der Waals surface area contributed by atoms with E-state index < -0.39 is 6.17 Å². The Hall–Kier alpha value is -0.640. The Bertz CT molecular complexity index is 225. The van der Waals surface area contributed by atoms with Crippen molar-refractivity contribution in [3.8, 4) is 0 Å². The first kappa shape index (κ1) is 11.4. The van der Waals surface area contributed by atoms with Crippen LogP contribution in [-0.2, 0) is 4.79 Å². The van der Waals surface area contributed by atoms with Crippen molar-refractivity contribution in [3.63, 3.8) is 0 Å². The van der Waals surface area contributed by atoms with Gasteiger partial charge >= 0.3 is 0 Å². The lowest BCUT2D eigenvalue weighted by atomic mass is 10.1. The average molecular weight is 202 g/mol. The molecule has 2 atom stereocenters. The number of likely N-dealkylation sites (tertiary alicyclic amines) is 1. The van der Waals surface area contributed by atoms with Crippen LogP contribution in [0.3, 0.4) is 0 Å². The molecule has 3 nitrogen and oxygen atoms in total. The fraction of sp³-hybridized carbons (Fsp3) is 0.900. The molecule has 0 aromatic carbocycles. The van der Waals surface area contributed by atoms with Gasteiger partial charge in [-0.1, -0.05) is 0 Å². The fourth-order valence-corrected chi connectivity index (χ4v) is 1.70. The van der Waals surface area contributed by atoms with E-state index in [2.05, 4.69) is 5.32 Å². The Morgan fingerprint density at radius 2 is 2.07 bits per heavy atom. The highest BCUT2D eigenvalue weighted by Gasteiger charge is 2.35. The minimum absolute atomic E-state index is 0.0693. The SMILES string of the molecule is CN1C[C@H](F)C[C@H]1C(=O)NC(C)(C)C. The van der Waals surface area contributed by atoms with E-state index in [-0.39, 0.29) is 17.5 Å². The van der Waals surface area contributed by atoms with Gasteiger partial charge < -0.3 is 5.32 Å². The van der Waals surface area contributed by atoms with Crippen molar-refractivity contribution in [2.45, 2.75) is 44.9 Å². The van der Waals surface area contributed by atoms with Gasteiger partial charge in [0.15, 0.2) is 0 Å². The number of nitrogens with zero attached hydrogens (tertiary/aromatic N) is 1. The highest BCUT2D eigenvalue weighted by atomic mass is 19.1. The quantitative estimate of drug-likeness (QED) is 0.686. The van der Waals surface area contributed by atoms with E-state index >= 15 is 0 Å². The van der Waals surface area contributed by atoms with Crippen LogP contribution in [0.25, 0.3) is 0 Å². The Morgan fingerprint density at radius 3 is 2.43 bits per heavy atom. The van der Waals surface area contributed by atoms with Crippen molar-refractivity contribution in [2.24, 2.45) is 0 Å². The fourth-order valence-electron chi connectivity index (χ4n) is 1.70. The number of amides is 1. The molecule has 1 N–H and O–H groups in total. The molecule has 1 saturated heterocycles. The highest BCUT2D eigenvalue weighted by Crippen LogP contribution is 2.19. The van der Waals surface area contributed by atoms with E-state index in [0.717, 1.165) is 0 Å². The summed E-state index contributed by atoms with van der Waals surface area (Å²) in [5, 5.41) is 2.86. The lowest BCUT2D eigenvalue weighted by molar-refractivity contribution is -0.126. The van der Waals surface area contributed by atoms with Crippen molar-refractivity contribution in [3.05, 3.63) is 0 Å². The molecule has 0 unspecified atom stereocenters. The van der Waals surface area contributed by atoms with Crippen LogP contribution in [-0.4, -0.2) is 42.2 Å². The van der Waals surface area contributed by atoms with Gasteiger partial charge in [-0.15, -0.1) is 0 Å². The van der Waals surface area contributed by atoms with Gasteiger partial charge in [0, 0.05) is 18.5 Å². The Kier molecular flexibility index (Phi) is 3.14. The molecule has 0 aromatic rings. The summed E-state index contributed by atoms with van der Waals surface area (Å²) in [4.78, 5) is 13.5. The van der Waals surface area contributed by atoms with Crippen LogP contribution < -0.4 is 5.32 Å². The van der Waals surface area contributed by atoms with Crippen LogP contribution in [0.4, 0.5) is 4.39 Å². The monoisotopic (exact) mass is 202 g/mol. The molecule has 1 heterocycles. The second-order valence-corrected chi connectivity index (χ2v) is 5.03. The van der Waals surface area contributed by atoms with Crippen LogP contribution in [0.1, 0.15) is 27.2 Å². The molecular formula is C10H19FN2O. The van der Waals surface area contributed by atoms with Crippen LogP contribution in [0, 0.1) is 0 Å². The number of likely N-dealkylation sites (N-methyl/N-ethyl adjacent to an activating group) is 1. The third kappa shape index (κ3) is 2.94. The zero-order valence-electron chi connectivity index (χ0n) is 9.30. The van der Waals surface area contributed by atoms with E-state index in [4.69, 9.17) is 0 Å². The first-order valence-electron chi connectivity index (χ1n) is 4.96. The molecule has 0 aliphatic carbocycles. The number of halogens is 1. The zero-order chi connectivity index (χ0) is 10.9. The third-order valence-electron chi connectivity index (χ3n) is 2.30. The summed E-state index contributed by atoms with van der Waals surface area (Å²) in [7, 11) is 1.78. The second-order valence-electron chi connectivity index (χ2n) is 5.03. The molecule has 82 valence electrons. The standard InChI is InChI=1S/C10H19FN2O/c1-10(2,3)12-9(14)8-5-7(11)6-13(8)4/h7-8H,5-6H2,1-4H3,(H,12,14)/t7-,8+/m1/s1. The number of carbonyl (C=O) groups is 1. The molecule has 0 saturated carbocycles. The van der Waals surface area contributed by atoms with E-state index in [1.165, 1.54) is 0 Å². The van der Waals surface area contributed by atoms with E-state index in [1.807, 2.05) is 20.8 Å².